The Kier molecular flexibility index (Phi) is 4.17. The number of aliphatic hydroxyl groups excluding tert-OH is 1. The summed E-state index contributed by atoms with van der Waals surface area (Å²) in [7, 11) is 0.737. The molecule has 0 aromatic heterocycles. The van der Waals surface area contributed by atoms with E-state index >= 15 is 0 Å². The van der Waals surface area contributed by atoms with E-state index in [4.69, 9.17) is 0 Å². The summed E-state index contributed by atoms with van der Waals surface area (Å²) < 4.78 is 0. The third-order valence-corrected chi connectivity index (χ3v) is 8.36. The second-order valence-electron chi connectivity index (χ2n) is 8.24. The molecule has 2 radical (unpaired) electrons. The van der Waals surface area contributed by atoms with Crippen LogP contribution in [0.4, 0.5) is 0 Å². The Morgan fingerprint density at radius 2 is 1.45 bits per heavy atom. The highest BCUT2D eigenvalue weighted by atomic mass is 28.2. The quantitative estimate of drug-likeness (QED) is 0.600. The Bertz CT molecular complexity index is 383. The molecular formula is C18H30OSi. The number of hydrogen-bond acceptors (Lipinski definition) is 1. The molecular weight excluding hydrogens is 260 g/mol. The van der Waals surface area contributed by atoms with Gasteiger partial charge < -0.3 is 5.11 Å². The van der Waals surface area contributed by atoms with Gasteiger partial charge in [-0.05, 0) is 47.5 Å². The number of aliphatic hydroxyl groups is 1. The maximum absolute atomic E-state index is 9.32. The molecule has 20 heavy (non-hydrogen) atoms. The lowest BCUT2D eigenvalue weighted by atomic mass is 9.36. The lowest BCUT2D eigenvalue weighted by Crippen LogP contribution is -2.62. The molecule has 0 spiro atoms. The van der Waals surface area contributed by atoms with Crippen molar-refractivity contribution < 1.29 is 5.11 Å². The molecule has 3 saturated carbocycles. The van der Waals surface area contributed by atoms with E-state index in [9.17, 15) is 5.11 Å². The molecule has 1 nitrogen and oxygen atoms in total. The van der Waals surface area contributed by atoms with Crippen molar-refractivity contribution in [1.29, 1.82) is 0 Å². The largest absolute Gasteiger partial charge is 0.396 e. The van der Waals surface area contributed by atoms with Crippen LogP contribution in [0.5, 0.6) is 0 Å². The summed E-state index contributed by atoms with van der Waals surface area (Å²) in [5.74, 6) is 5.61. The highest BCUT2D eigenvalue weighted by Gasteiger charge is 2.66. The van der Waals surface area contributed by atoms with Gasteiger partial charge in [-0.15, -0.1) is 11.5 Å². The Morgan fingerprint density at radius 3 is 1.80 bits per heavy atom. The second kappa shape index (κ2) is 5.18. The number of hydrogen-bond donors (Lipinski definition) is 1. The van der Waals surface area contributed by atoms with Gasteiger partial charge in [-0.25, -0.2) is 0 Å². The fraction of sp³-hybridized carbons (Fsp3) is 0.889. The summed E-state index contributed by atoms with van der Waals surface area (Å²) in [5.41, 5.74) is 4.17. The fourth-order valence-electron chi connectivity index (χ4n) is 5.00. The van der Waals surface area contributed by atoms with Crippen LogP contribution in [0.2, 0.25) is 5.04 Å². The van der Waals surface area contributed by atoms with Gasteiger partial charge in [0.2, 0.25) is 0 Å². The molecule has 2 heteroatoms. The molecule has 3 aliphatic carbocycles. The average Bonchev–Trinajstić information content (AvgIpc) is 2.23. The van der Waals surface area contributed by atoms with Crippen molar-refractivity contribution in [2.45, 2.75) is 65.8 Å². The minimum Gasteiger partial charge on any atom is -0.396 e. The van der Waals surface area contributed by atoms with Crippen molar-refractivity contribution in [3.63, 3.8) is 0 Å². The van der Waals surface area contributed by atoms with Crippen molar-refractivity contribution in [3.05, 3.63) is 0 Å². The Hall–Kier alpha value is -0.263. The lowest BCUT2D eigenvalue weighted by molar-refractivity contribution is -0.185. The van der Waals surface area contributed by atoms with E-state index in [2.05, 4.69) is 53.0 Å². The maximum Gasteiger partial charge on any atom is 0.155 e. The zero-order valence-electron chi connectivity index (χ0n) is 14.0. The first-order chi connectivity index (χ1) is 9.22. The molecule has 0 heterocycles. The van der Waals surface area contributed by atoms with Crippen molar-refractivity contribution in [2.24, 2.45) is 28.6 Å². The monoisotopic (exact) mass is 290 g/mol. The average molecular weight is 291 g/mol. The van der Waals surface area contributed by atoms with E-state index in [1.54, 1.807) is 0 Å². The first-order valence-corrected chi connectivity index (χ1v) is 9.12. The van der Waals surface area contributed by atoms with Crippen LogP contribution >= 0.6 is 0 Å². The highest BCUT2D eigenvalue weighted by Crippen LogP contribution is 2.72. The van der Waals surface area contributed by atoms with E-state index < -0.39 is 0 Å². The molecule has 0 saturated heterocycles. The summed E-state index contributed by atoms with van der Waals surface area (Å²) in [6.45, 7) is 14.5. The van der Waals surface area contributed by atoms with Gasteiger partial charge in [-0.1, -0.05) is 41.5 Å². The van der Waals surface area contributed by atoms with Crippen molar-refractivity contribution in [1.82, 2.24) is 0 Å². The molecule has 112 valence electrons. The Labute approximate surface area is 127 Å². The molecule has 3 fully saturated rings. The zero-order chi connectivity index (χ0) is 15.2. The first-order valence-electron chi connectivity index (χ1n) is 8.12. The third-order valence-electron chi connectivity index (χ3n) is 5.95. The van der Waals surface area contributed by atoms with E-state index in [0.29, 0.717) is 34.8 Å². The predicted molar refractivity (Wildman–Crippen MR) is 86.5 cm³/mol. The summed E-state index contributed by atoms with van der Waals surface area (Å²) >= 11 is 0. The SMILES string of the molecule is CC(C)C([Si]C#CC12CC(CO)(C1)C2)(C(C)C)C(C)C. The van der Waals surface area contributed by atoms with E-state index in [1.807, 2.05) is 0 Å². The molecule has 0 amide bonds. The standard InChI is InChI=1S/C18H30OSi/c1-13(2)18(14(3)4,15(5)6)20-8-7-16-9-17(10-16,11-16)12-19/h13-15,19H,9-12H2,1-6H3. The van der Waals surface area contributed by atoms with Crippen LogP contribution in [-0.2, 0) is 0 Å². The summed E-state index contributed by atoms with van der Waals surface area (Å²) in [4.78, 5) is 0. The molecule has 0 aromatic carbocycles. The maximum atomic E-state index is 9.32. The molecule has 0 atom stereocenters. The predicted octanol–water partition coefficient (Wildman–Crippen LogP) is 3.94. The topological polar surface area (TPSA) is 20.2 Å². The van der Waals surface area contributed by atoms with Gasteiger partial charge in [0.1, 0.15) is 0 Å². The second-order valence-corrected chi connectivity index (χ2v) is 9.61. The van der Waals surface area contributed by atoms with Crippen molar-refractivity contribution in [3.8, 4) is 11.5 Å². The summed E-state index contributed by atoms with van der Waals surface area (Å²) in [6.07, 6.45) is 3.43. The summed E-state index contributed by atoms with van der Waals surface area (Å²) in [6, 6.07) is 0. The smallest absolute Gasteiger partial charge is 0.155 e. The van der Waals surface area contributed by atoms with Gasteiger partial charge in [-0.3, -0.25) is 0 Å². The molecule has 3 rings (SSSR count). The van der Waals surface area contributed by atoms with Crippen LogP contribution in [0.15, 0.2) is 0 Å². The van der Waals surface area contributed by atoms with Gasteiger partial charge in [0.05, 0.1) is 0 Å². The van der Waals surface area contributed by atoms with Crippen molar-refractivity contribution in [2.75, 3.05) is 6.61 Å². The van der Waals surface area contributed by atoms with Crippen LogP contribution < -0.4 is 0 Å². The fourth-order valence-corrected chi connectivity index (χ4v) is 6.41. The third kappa shape index (κ3) is 2.27. The molecule has 0 aliphatic heterocycles. The Morgan fingerprint density at radius 1 is 1.00 bits per heavy atom. The van der Waals surface area contributed by atoms with Crippen LogP contribution in [0.3, 0.4) is 0 Å². The van der Waals surface area contributed by atoms with Crippen LogP contribution in [0, 0.1) is 40.0 Å². The minimum atomic E-state index is 0.281. The molecule has 0 unspecified atom stereocenters. The van der Waals surface area contributed by atoms with E-state index in [-0.39, 0.29) is 5.41 Å². The lowest BCUT2D eigenvalue weighted by Gasteiger charge is -2.68. The molecule has 0 aromatic rings. The van der Waals surface area contributed by atoms with E-state index in [0.717, 1.165) is 28.8 Å². The van der Waals surface area contributed by atoms with Gasteiger partial charge in [0, 0.05) is 12.0 Å². The Balaban J connectivity index is 2.05. The van der Waals surface area contributed by atoms with Crippen LogP contribution in [0.1, 0.15) is 60.8 Å². The van der Waals surface area contributed by atoms with Gasteiger partial charge in [0.15, 0.2) is 9.52 Å². The normalized spacial score (nSPS) is 31.9. The number of rotatable bonds is 5. The van der Waals surface area contributed by atoms with Crippen LogP contribution in [0.25, 0.3) is 0 Å². The van der Waals surface area contributed by atoms with Crippen LogP contribution in [-0.4, -0.2) is 21.2 Å². The molecule has 3 aliphatic rings. The van der Waals surface area contributed by atoms with E-state index in [1.165, 1.54) is 0 Å². The van der Waals surface area contributed by atoms with Gasteiger partial charge in [0.25, 0.3) is 0 Å². The minimum absolute atomic E-state index is 0.281. The molecule has 2 bridgehead atoms. The summed E-state index contributed by atoms with van der Waals surface area (Å²) in [5, 5.41) is 9.68. The molecule has 1 N–H and O–H groups in total. The van der Waals surface area contributed by atoms with Gasteiger partial charge in [-0.2, -0.15) is 0 Å². The first kappa shape index (κ1) is 16.1. The highest BCUT2D eigenvalue weighted by molar-refractivity contribution is 6.50. The zero-order valence-corrected chi connectivity index (χ0v) is 15.0. The van der Waals surface area contributed by atoms with Crippen molar-refractivity contribution >= 4 is 9.52 Å². The van der Waals surface area contributed by atoms with Gasteiger partial charge >= 0.3 is 0 Å².